The molecule has 6 heteroatoms. The summed E-state index contributed by atoms with van der Waals surface area (Å²) in [5.41, 5.74) is 5.14. The van der Waals surface area contributed by atoms with Crippen LogP contribution in [0.25, 0.3) is 10.9 Å². The van der Waals surface area contributed by atoms with Gasteiger partial charge in [0.25, 0.3) is 5.91 Å². The number of halogens is 1. The van der Waals surface area contributed by atoms with Gasteiger partial charge in [-0.05, 0) is 71.5 Å². The zero-order chi connectivity index (χ0) is 26.0. The van der Waals surface area contributed by atoms with E-state index in [0.717, 1.165) is 27.7 Å². The number of methoxy groups -OCH3 is 1. The number of hydrogen-bond donors (Lipinski definition) is 1. The van der Waals surface area contributed by atoms with Crippen LogP contribution in [-0.4, -0.2) is 23.5 Å². The van der Waals surface area contributed by atoms with E-state index in [1.165, 1.54) is 5.56 Å². The van der Waals surface area contributed by atoms with Crippen molar-refractivity contribution in [3.8, 4) is 5.75 Å². The van der Waals surface area contributed by atoms with Crippen LogP contribution in [0.4, 0.5) is 0 Å². The molecule has 4 aromatic rings. The minimum Gasteiger partial charge on any atom is -0.497 e. The molecule has 3 aromatic carbocycles. The minimum absolute atomic E-state index is 0.0814. The molecule has 5 nitrogen and oxygen atoms in total. The average Bonchev–Trinajstić information content (AvgIpc) is 3.12. The largest absolute Gasteiger partial charge is 0.497 e. The van der Waals surface area contributed by atoms with Crippen LogP contribution in [0.2, 0.25) is 5.02 Å². The highest BCUT2D eigenvalue weighted by atomic mass is 35.5. The van der Waals surface area contributed by atoms with E-state index in [1.807, 2.05) is 37.3 Å². The van der Waals surface area contributed by atoms with Gasteiger partial charge < -0.3 is 10.1 Å². The number of ether oxygens (including phenoxy) is 1. The first-order valence-corrected chi connectivity index (χ1v) is 12.3. The van der Waals surface area contributed by atoms with E-state index in [-0.39, 0.29) is 23.7 Å². The molecular formula is C30H31ClN2O3. The number of carbonyl (C=O) groups is 2. The first-order valence-electron chi connectivity index (χ1n) is 11.9. The van der Waals surface area contributed by atoms with Crippen LogP contribution >= 0.6 is 11.6 Å². The van der Waals surface area contributed by atoms with Crippen LogP contribution in [-0.2, 0) is 23.2 Å². The Labute approximate surface area is 217 Å². The number of aromatic nitrogens is 1. The predicted molar refractivity (Wildman–Crippen MR) is 145 cm³/mol. The van der Waals surface area contributed by atoms with Crippen molar-refractivity contribution in [2.75, 3.05) is 7.11 Å². The molecule has 0 saturated heterocycles. The SMILES string of the molecule is COc1ccc2c(c1)c(CC(=O)NCc1ccc(C(C)(C)C)cc1)c(C)n2C(=O)c1ccc(Cl)cc1. The second kappa shape index (κ2) is 10.2. The van der Waals surface area contributed by atoms with Gasteiger partial charge >= 0.3 is 0 Å². The lowest BCUT2D eigenvalue weighted by molar-refractivity contribution is -0.120. The molecule has 0 aliphatic carbocycles. The molecule has 0 radical (unpaired) electrons. The third kappa shape index (κ3) is 5.31. The Kier molecular flexibility index (Phi) is 7.23. The van der Waals surface area contributed by atoms with Gasteiger partial charge in [-0.15, -0.1) is 0 Å². The Balaban J connectivity index is 1.61. The van der Waals surface area contributed by atoms with E-state index in [1.54, 1.807) is 35.9 Å². The van der Waals surface area contributed by atoms with Gasteiger partial charge in [0.05, 0.1) is 19.0 Å². The molecule has 1 aromatic heterocycles. The lowest BCUT2D eigenvalue weighted by Crippen LogP contribution is -2.25. The highest BCUT2D eigenvalue weighted by Crippen LogP contribution is 2.31. The zero-order valence-corrected chi connectivity index (χ0v) is 22.1. The number of nitrogens with one attached hydrogen (secondary N) is 1. The standard InChI is InChI=1S/C30H31ClN2O3/c1-19-25(17-28(34)32-18-20-6-10-22(11-7-20)30(2,3)4)26-16-24(36-5)14-15-27(26)33(19)29(35)21-8-12-23(31)13-9-21/h6-16H,17-18H2,1-5H3,(H,32,34). The second-order valence-electron chi connectivity index (χ2n) is 9.99. The molecule has 0 fully saturated rings. The fourth-order valence-electron chi connectivity index (χ4n) is 4.34. The molecule has 36 heavy (non-hydrogen) atoms. The van der Waals surface area contributed by atoms with Gasteiger partial charge in [-0.2, -0.15) is 0 Å². The van der Waals surface area contributed by atoms with E-state index in [4.69, 9.17) is 16.3 Å². The van der Waals surface area contributed by atoms with Gasteiger partial charge in [-0.1, -0.05) is 56.6 Å². The maximum Gasteiger partial charge on any atom is 0.262 e. The van der Waals surface area contributed by atoms with Crippen molar-refractivity contribution in [1.29, 1.82) is 0 Å². The van der Waals surface area contributed by atoms with Crippen molar-refractivity contribution in [1.82, 2.24) is 9.88 Å². The van der Waals surface area contributed by atoms with Gasteiger partial charge in [-0.3, -0.25) is 14.2 Å². The zero-order valence-electron chi connectivity index (χ0n) is 21.3. The molecule has 186 valence electrons. The molecule has 0 bridgehead atoms. The fraction of sp³-hybridized carbons (Fsp3) is 0.267. The topological polar surface area (TPSA) is 60.3 Å². The normalized spacial score (nSPS) is 11.5. The van der Waals surface area contributed by atoms with Gasteiger partial charge in [0.2, 0.25) is 5.91 Å². The number of rotatable bonds is 6. The highest BCUT2D eigenvalue weighted by molar-refractivity contribution is 6.30. The quantitative estimate of drug-likeness (QED) is 0.329. The molecule has 0 unspecified atom stereocenters. The van der Waals surface area contributed by atoms with Crippen LogP contribution in [0, 0.1) is 6.92 Å². The summed E-state index contributed by atoms with van der Waals surface area (Å²) in [5, 5.41) is 4.41. The monoisotopic (exact) mass is 502 g/mol. The third-order valence-corrected chi connectivity index (χ3v) is 6.74. The summed E-state index contributed by atoms with van der Waals surface area (Å²) in [6.45, 7) is 8.84. The van der Waals surface area contributed by atoms with Gasteiger partial charge in [0.1, 0.15) is 5.75 Å². The van der Waals surface area contributed by atoms with E-state index >= 15 is 0 Å². The summed E-state index contributed by atoms with van der Waals surface area (Å²) in [5.74, 6) is 0.378. The van der Waals surface area contributed by atoms with Gasteiger partial charge in [-0.25, -0.2) is 0 Å². The van der Waals surface area contributed by atoms with Crippen molar-refractivity contribution in [2.45, 2.75) is 46.1 Å². The number of nitrogens with zero attached hydrogens (tertiary/aromatic N) is 1. The summed E-state index contributed by atoms with van der Waals surface area (Å²) in [6, 6.07) is 20.7. The van der Waals surface area contributed by atoms with Crippen LogP contribution in [0.15, 0.2) is 66.7 Å². The van der Waals surface area contributed by atoms with Gasteiger partial charge in [0.15, 0.2) is 0 Å². The summed E-state index contributed by atoms with van der Waals surface area (Å²) in [6.07, 6.45) is 0.149. The number of benzene rings is 3. The van der Waals surface area contributed by atoms with Crippen LogP contribution in [0.1, 0.15) is 53.5 Å². The highest BCUT2D eigenvalue weighted by Gasteiger charge is 2.22. The molecule has 1 amide bonds. The number of hydrogen-bond acceptors (Lipinski definition) is 3. The summed E-state index contributed by atoms with van der Waals surface area (Å²) in [7, 11) is 1.60. The maximum absolute atomic E-state index is 13.4. The number of fused-ring (bicyclic) bond motifs is 1. The Morgan fingerprint density at radius 2 is 1.64 bits per heavy atom. The Morgan fingerprint density at radius 1 is 0.972 bits per heavy atom. The minimum atomic E-state index is -0.176. The Morgan fingerprint density at radius 3 is 2.25 bits per heavy atom. The van der Waals surface area contributed by atoms with Gasteiger partial charge in [0, 0.05) is 28.2 Å². The number of amides is 1. The Hall–Kier alpha value is -3.57. The van der Waals surface area contributed by atoms with Crippen LogP contribution < -0.4 is 10.1 Å². The first-order chi connectivity index (χ1) is 17.1. The lowest BCUT2D eigenvalue weighted by atomic mass is 9.87. The molecule has 0 spiro atoms. The van der Waals surface area contributed by atoms with E-state index in [0.29, 0.717) is 22.9 Å². The molecule has 0 aliphatic rings. The van der Waals surface area contributed by atoms with E-state index in [9.17, 15) is 9.59 Å². The Bertz CT molecular complexity index is 1410. The fourth-order valence-corrected chi connectivity index (χ4v) is 4.47. The molecule has 1 heterocycles. The van der Waals surface area contributed by atoms with Crippen molar-refractivity contribution >= 4 is 34.3 Å². The first kappa shape index (κ1) is 25.5. The molecule has 0 aliphatic heterocycles. The molecule has 4 rings (SSSR count). The number of carbonyl (C=O) groups excluding carboxylic acids is 2. The van der Waals surface area contributed by atoms with Crippen LogP contribution in [0.5, 0.6) is 5.75 Å². The van der Waals surface area contributed by atoms with Crippen molar-refractivity contribution in [2.24, 2.45) is 0 Å². The lowest BCUT2D eigenvalue weighted by Gasteiger charge is -2.19. The summed E-state index contributed by atoms with van der Waals surface area (Å²) >= 11 is 6.01. The predicted octanol–water partition coefficient (Wildman–Crippen LogP) is 6.46. The van der Waals surface area contributed by atoms with E-state index in [2.05, 4.69) is 38.2 Å². The van der Waals surface area contributed by atoms with Crippen molar-refractivity contribution in [3.05, 3.63) is 99.7 Å². The average molecular weight is 503 g/mol. The summed E-state index contributed by atoms with van der Waals surface area (Å²) in [4.78, 5) is 26.4. The third-order valence-electron chi connectivity index (χ3n) is 6.48. The van der Waals surface area contributed by atoms with Crippen molar-refractivity contribution < 1.29 is 14.3 Å². The smallest absolute Gasteiger partial charge is 0.262 e. The van der Waals surface area contributed by atoms with E-state index < -0.39 is 0 Å². The maximum atomic E-state index is 13.4. The summed E-state index contributed by atoms with van der Waals surface area (Å²) < 4.78 is 7.08. The second-order valence-corrected chi connectivity index (χ2v) is 10.4. The molecule has 0 saturated carbocycles. The molecule has 1 N–H and O–H groups in total. The van der Waals surface area contributed by atoms with Crippen LogP contribution in [0.3, 0.4) is 0 Å². The van der Waals surface area contributed by atoms with Crippen molar-refractivity contribution in [3.63, 3.8) is 0 Å². The molecular weight excluding hydrogens is 472 g/mol. The molecule has 0 atom stereocenters.